The number of aryl methyl sites for hydroxylation is 2. The van der Waals surface area contributed by atoms with Crippen molar-refractivity contribution in [3.63, 3.8) is 0 Å². The minimum absolute atomic E-state index is 0.0180. The first-order valence-electron chi connectivity index (χ1n) is 7.96. The average molecular weight is 293 g/mol. The highest BCUT2D eigenvalue weighted by atomic mass is 16.1. The average Bonchev–Trinajstić information content (AvgIpc) is 2.52. The number of carbonyl (C=O) groups excluding carboxylic acids is 1. The Hall–Kier alpha value is -1.93. The lowest BCUT2D eigenvalue weighted by Crippen LogP contribution is -2.41. The molecule has 2 aromatic rings. The molecule has 0 bridgehead atoms. The van der Waals surface area contributed by atoms with Crippen LogP contribution in [0.2, 0.25) is 0 Å². The summed E-state index contributed by atoms with van der Waals surface area (Å²) in [6.45, 7) is 6.20. The molecule has 1 aliphatic heterocycles. The van der Waals surface area contributed by atoms with Crippen LogP contribution in [0.3, 0.4) is 0 Å². The van der Waals surface area contributed by atoms with Crippen LogP contribution in [0.25, 0.3) is 0 Å². The minimum Gasteiger partial charge on any atom is -0.302 e. The molecular weight excluding hydrogens is 270 g/mol. The second-order valence-corrected chi connectivity index (χ2v) is 6.48. The molecule has 2 nitrogen and oxygen atoms in total. The standard InChI is InChI=1S/C20H23NO/c1-13-4-8-16(9-5-13)18-12-19(22)15(3)20(21-18)17-10-6-14(2)7-11-17/h4-11,15,18,20-21H,12H2,1-3H3/t15-,18+,20-/m1/s1. The predicted octanol–water partition coefficient (Wildman–Crippen LogP) is 4.28. The zero-order valence-corrected chi connectivity index (χ0v) is 13.5. The number of Topliss-reactive ketones (excluding diaryl/α,β-unsaturated/α-hetero) is 1. The fraction of sp³-hybridized carbons (Fsp3) is 0.350. The molecule has 0 amide bonds. The van der Waals surface area contributed by atoms with Crippen LogP contribution in [0.4, 0.5) is 0 Å². The van der Waals surface area contributed by atoms with Gasteiger partial charge in [-0.15, -0.1) is 0 Å². The lowest BCUT2D eigenvalue weighted by molar-refractivity contribution is -0.126. The van der Waals surface area contributed by atoms with Crippen LogP contribution in [0, 0.1) is 19.8 Å². The normalized spacial score (nSPS) is 25.2. The van der Waals surface area contributed by atoms with Gasteiger partial charge in [-0.25, -0.2) is 0 Å². The van der Waals surface area contributed by atoms with Crippen LogP contribution < -0.4 is 5.32 Å². The molecule has 22 heavy (non-hydrogen) atoms. The highest BCUT2D eigenvalue weighted by Gasteiger charge is 2.34. The quantitative estimate of drug-likeness (QED) is 0.895. The van der Waals surface area contributed by atoms with Crippen molar-refractivity contribution in [3.8, 4) is 0 Å². The molecule has 2 aromatic carbocycles. The Morgan fingerprint density at radius 2 is 1.36 bits per heavy atom. The molecule has 1 saturated heterocycles. The van der Waals surface area contributed by atoms with E-state index in [0.29, 0.717) is 12.2 Å². The van der Waals surface area contributed by atoms with E-state index < -0.39 is 0 Å². The van der Waals surface area contributed by atoms with Crippen molar-refractivity contribution in [2.24, 2.45) is 5.92 Å². The molecule has 0 unspecified atom stereocenters. The van der Waals surface area contributed by atoms with Gasteiger partial charge in [-0.1, -0.05) is 66.6 Å². The summed E-state index contributed by atoms with van der Waals surface area (Å²) >= 11 is 0. The molecule has 1 fully saturated rings. The summed E-state index contributed by atoms with van der Waals surface area (Å²) < 4.78 is 0. The third-order valence-corrected chi connectivity index (χ3v) is 4.71. The van der Waals surface area contributed by atoms with Crippen LogP contribution in [0.15, 0.2) is 48.5 Å². The predicted molar refractivity (Wildman–Crippen MR) is 89.8 cm³/mol. The molecule has 0 aliphatic carbocycles. The number of carbonyl (C=O) groups is 1. The van der Waals surface area contributed by atoms with Crippen LogP contribution in [-0.4, -0.2) is 5.78 Å². The number of nitrogens with one attached hydrogen (secondary N) is 1. The summed E-state index contributed by atoms with van der Waals surface area (Å²) in [6.07, 6.45) is 0.576. The highest BCUT2D eigenvalue weighted by molar-refractivity contribution is 5.83. The van der Waals surface area contributed by atoms with Crippen molar-refractivity contribution in [2.75, 3.05) is 0 Å². The Bertz CT molecular complexity index is 657. The summed E-state index contributed by atoms with van der Waals surface area (Å²) in [7, 11) is 0. The summed E-state index contributed by atoms with van der Waals surface area (Å²) in [4.78, 5) is 12.5. The minimum atomic E-state index is 0.0180. The first kappa shape index (κ1) is 15.0. The van der Waals surface area contributed by atoms with Gasteiger partial charge in [0.05, 0.1) is 0 Å². The molecule has 2 heteroatoms. The molecule has 0 saturated carbocycles. The Morgan fingerprint density at radius 1 is 0.864 bits per heavy atom. The zero-order valence-electron chi connectivity index (χ0n) is 13.5. The molecule has 0 aromatic heterocycles. The van der Waals surface area contributed by atoms with E-state index in [-0.39, 0.29) is 18.0 Å². The highest BCUT2D eigenvalue weighted by Crippen LogP contribution is 2.34. The molecule has 3 atom stereocenters. The maximum absolute atomic E-state index is 12.5. The van der Waals surface area contributed by atoms with E-state index in [1.807, 2.05) is 6.92 Å². The SMILES string of the molecule is Cc1ccc([C@@H]2CC(=O)[C@@H](C)[C@H](c3ccc(C)cc3)N2)cc1. The fourth-order valence-corrected chi connectivity index (χ4v) is 3.16. The smallest absolute Gasteiger partial charge is 0.139 e. The molecule has 114 valence electrons. The fourth-order valence-electron chi connectivity index (χ4n) is 3.16. The van der Waals surface area contributed by atoms with E-state index in [2.05, 4.69) is 67.7 Å². The van der Waals surface area contributed by atoms with Crippen molar-refractivity contribution >= 4 is 5.78 Å². The van der Waals surface area contributed by atoms with E-state index in [4.69, 9.17) is 0 Å². The second-order valence-electron chi connectivity index (χ2n) is 6.48. The first-order valence-corrected chi connectivity index (χ1v) is 7.96. The van der Waals surface area contributed by atoms with Gasteiger partial charge in [0.15, 0.2) is 0 Å². The number of benzene rings is 2. The summed E-state index contributed by atoms with van der Waals surface area (Å²) in [5.74, 6) is 0.360. The van der Waals surface area contributed by atoms with E-state index in [9.17, 15) is 4.79 Å². The van der Waals surface area contributed by atoms with Gasteiger partial charge in [0.2, 0.25) is 0 Å². The van der Waals surface area contributed by atoms with Crippen LogP contribution in [0.5, 0.6) is 0 Å². The Morgan fingerprint density at radius 3 is 1.91 bits per heavy atom. The van der Waals surface area contributed by atoms with Gasteiger partial charge in [-0.2, -0.15) is 0 Å². The lowest BCUT2D eigenvalue weighted by Gasteiger charge is -2.35. The largest absolute Gasteiger partial charge is 0.302 e. The van der Waals surface area contributed by atoms with Gasteiger partial charge in [0, 0.05) is 24.4 Å². The van der Waals surface area contributed by atoms with Gasteiger partial charge in [0.25, 0.3) is 0 Å². The van der Waals surface area contributed by atoms with Crippen LogP contribution in [-0.2, 0) is 4.79 Å². The summed E-state index contributed by atoms with van der Waals surface area (Å²) in [5.41, 5.74) is 4.88. The third-order valence-electron chi connectivity index (χ3n) is 4.71. The van der Waals surface area contributed by atoms with E-state index in [1.165, 1.54) is 22.3 Å². The lowest BCUT2D eigenvalue weighted by atomic mass is 9.82. The molecular formula is C20H23NO. The molecule has 1 N–H and O–H groups in total. The number of piperidine rings is 1. The molecule has 1 aliphatic rings. The van der Waals surface area contributed by atoms with Crippen molar-refractivity contribution in [3.05, 3.63) is 70.8 Å². The number of ketones is 1. The van der Waals surface area contributed by atoms with E-state index in [0.717, 1.165) is 0 Å². The topological polar surface area (TPSA) is 29.1 Å². The van der Waals surface area contributed by atoms with Gasteiger partial charge < -0.3 is 5.32 Å². The number of rotatable bonds is 2. The zero-order chi connectivity index (χ0) is 15.7. The summed E-state index contributed by atoms with van der Waals surface area (Å²) in [5, 5.41) is 3.68. The van der Waals surface area contributed by atoms with Crippen LogP contribution >= 0.6 is 0 Å². The third kappa shape index (κ3) is 2.97. The van der Waals surface area contributed by atoms with E-state index in [1.54, 1.807) is 0 Å². The summed E-state index contributed by atoms with van der Waals surface area (Å²) in [6, 6.07) is 17.2. The van der Waals surface area contributed by atoms with Gasteiger partial charge in [-0.3, -0.25) is 4.79 Å². The van der Waals surface area contributed by atoms with Crippen molar-refractivity contribution in [1.82, 2.24) is 5.32 Å². The number of hydrogen-bond acceptors (Lipinski definition) is 2. The monoisotopic (exact) mass is 293 g/mol. The second kappa shape index (κ2) is 6.05. The molecule has 1 heterocycles. The van der Waals surface area contributed by atoms with Gasteiger partial charge in [0.1, 0.15) is 5.78 Å². The van der Waals surface area contributed by atoms with Crippen molar-refractivity contribution in [1.29, 1.82) is 0 Å². The Kier molecular flexibility index (Phi) is 4.12. The van der Waals surface area contributed by atoms with E-state index >= 15 is 0 Å². The van der Waals surface area contributed by atoms with Gasteiger partial charge in [-0.05, 0) is 25.0 Å². The first-order chi connectivity index (χ1) is 10.5. The maximum atomic E-state index is 12.5. The molecule has 0 radical (unpaired) electrons. The van der Waals surface area contributed by atoms with Crippen molar-refractivity contribution < 1.29 is 4.79 Å². The molecule has 0 spiro atoms. The number of hydrogen-bond donors (Lipinski definition) is 1. The Labute approximate surface area is 132 Å². The maximum Gasteiger partial charge on any atom is 0.139 e. The Balaban J connectivity index is 1.88. The molecule has 3 rings (SSSR count). The van der Waals surface area contributed by atoms with Gasteiger partial charge >= 0.3 is 0 Å². The van der Waals surface area contributed by atoms with Crippen molar-refractivity contribution in [2.45, 2.75) is 39.3 Å². The van der Waals surface area contributed by atoms with Crippen LogP contribution in [0.1, 0.15) is 47.7 Å².